The van der Waals surface area contributed by atoms with Gasteiger partial charge in [0.05, 0.1) is 113 Å². The summed E-state index contributed by atoms with van der Waals surface area (Å²) >= 11 is 0. The van der Waals surface area contributed by atoms with Crippen LogP contribution >= 0.6 is 0 Å². The lowest BCUT2D eigenvalue weighted by Gasteiger charge is -2.46. The van der Waals surface area contributed by atoms with Gasteiger partial charge in [-0.2, -0.15) is 0 Å². The number of aliphatic hydroxyl groups is 2. The van der Waals surface area contributed by atoms with Crippen LogP contribution in [0.4, 0.5) is 0 Å². The normalized spacial score (nSPS) is 18.1. The van der Waals surface area contributed by atoms with Crippen LogP contribution in [-0.2, 0) is 143 Å². The summed E-state index contributed by atoms with van der Waals surface area (Å²) in [7, 11) is 2.88. The third kappa shape index (κ3) is 31.9. The molecular weight excluding hydrogens is 1780 g/mol. The Labute approximate surface area is 819 Å². The molecule has 0 aromatic heterocycles. The number of methoxy groups -OCH3 is 2. The van der Waals surface area contributed by atoms with Crippen molar-refractivity contribution >= 4 is 23.9 Å². The van der Waals surface area contributed by atoms with Crippen molar-refractivity contribution in [1.29, 1.82) is 0 Å². The summed E-state index contributed by atoms with van der Waals surface area (Å²) in [5.41, 5.74) is 6.79. The maximum absolute atomic E-state index is 15.5. The Kier molecular flexibility index (Phi) is 42.8. The minimum absolute atomic E-state index is 0.0119. The Morgan fingerprint density at radius 2 is 0.557 bits per heavy atom. The smallest absolute Gasteiger partial charge is 0.338 e. The number of rotatable bonds is 58. The quantitative estimate of drug-likeness (QED) is 0.0203. The molecule has 25 heteroatoms. The summed E-state index contributed by atoms with van der Waals surface area (Å²) < 4.78 is 132. The van der Waals surface area contributed by atoms with Crippen LogP contribution in [-0.4, -0.2) is 186 Å². The average molecular weight is 1910 g/mol. The van der Waals surface area contributed by atoms with E-state index in [2.05, 4.69) is 0 Å². The molecule has 1 heterocycles. The van der Waals surface area contributed by atoms with Crippen LogP contribution in [0.3, 0.4) is 0 Å². The molecule has 20 unspecified atom stereocenters. The van der Waals surface area contributed by atoms with Gasteiger partial charge in [-0.1, -0.05) is 336 Å². The van der Waals surface area contributed by atoms with E-state index in [1.54, 1.807) is 135 Å². The molecule has 25 nitrogen and oxygen atoms in total. The summed E-state index contributed by atoms with van der Waals surface area (Å²) in [4.78, 5) is 60.3. The molecule has 12 aromatic rings. The van der Waals surface area contributed by atoms with Crippen LogP contribution in [0.15, 0.2) is 364 Å². The first-order valence-electron chi connectivity index (χ1n) is 47.4. The minimum Gasteiger partial charge on any atom is -0.450 e. The number of benzene rings is 12. The molecule has 0 bridgehead atoms. The first kappa shape index (κ1) is 105. The number of hydrogen-bond donors (Lipinski definition) is 2. The Morgan fingerprint density at radius 1 is 0.286 bits per heavy atom. The standard InChI is InChI=1S/C115H126O25/c1-7-124-113(122-5)105(138-109(118)92-62-38-17-39-63-92)101(130-76-88-54-30-13-31-55-88)97(126-72-84-46-22-9-23-47-84)81(3)69-134-114(123-6)106(139-110(119)93-64-40-18-41-65-93)102(131-77-89-56-32-14-33-57-89)98(127-73-85-48-24-10-25-49-85)82(4)70-135-115-107(140-111(120)94-66-42-19-43-67-94)103(132-78-90-58-34-15-35-59-90)99(128-74-86-50-26-11-27-51-86)95(136-115)79-133-112(121)104(137-108(117)91-60-36-16-37-61-91)100(129-75-87-52-28-12-29-53-87)96(80(2)68-116)125-71-83-44-20-8-21-45-83/h8-67,80-82,95-107,112-116,121H,7,68-79H2,1-6H3. The molecule has 2 N–H and O–H groups in total. The molecule has 0 amide bonds. The van der Waals surface area contributed by atoms with Gasteiger partial charge in [0.1, 0.15) is 36.6 Å². The van der Waals surface area contributed by atoms with E-state index in [-0.39, 0.29) is 94.9 Å². The van der Waals surface area contributed by atoms with Crippen LogP contribution in [0, 0.1) is 17.8 Å². The van der Waals surface area contributed by atoms with E-state index in [0.29, 0.717) is 0 Å². The highest BCUT2D eigenvalue weighted by Crippen LogP contribution is 2.37. The largest absolute Gasteiger partial charge is 0.450 e. The van der Waals surface area contributed by atoms with Crippen molar-refractivity contribution < 1.29 is 119 Å². The van der Waals surface area contributed by atoms with E-state index in [0.717, 1.165) is 44.5 Å². The van der Waals surface area contributed by atoms with Crippen LogP contribution in [0.5, 0.6) is 0 Å². The molecule has 1 saturated heterocycles. The highest BCUT2D eigenvalue weighted by molar-refractivity contribution is 5.91. The zero-order chi connectivity index (χ0) is 97.8. The molecule has 13 rings (SSSR count). The van der Waals surface area contributed by atoms with E-state index < -0.39 is 159 Å². The zero-order valence-electron chi connectivity index (χ0n) is 79.7. The zero-order valence-corrected chi connectivity index (χ0v) is 79.7. The van der Waals surface area contributed by atoms with Crippen molar-refractivity contribution in [3.05, 3.63) is 431 Å². The van der Waals surface area contributed by atoms with E-state index in [4.69, 9.17) is 90.0 Å². The van der Waals surface area contributed by atoms with Crippen LogP contribution in [0.25, 0.3) is 0 Å². The molecule has 12 aromatic carbocycles. The van der Waals surface area contributed by atoms with Gasteiger partial charge in [0, 0.05) is 45.2 Å². The molecule has 1 aliphatic rings. The minimum atomic E-state index is -2.10. The van der Waals surface area contributed by atoms with Gasteiger partial charge >= 0.3 is 23.9 Å². The topological polar surface area (TPSA) is 284 Å². The summed E-state index contributed by atoms with van der Waals surface area (Å²) in [5, 5.41) is 24.5. The summed E-state index contributed by atoms with van der Waals surface area (Å²) in [5.74, 6) is -5.48. The van der Waals surface area contributed by atoms with Gasteiger partial charge in [0.25, 0.3) is 0 Å². The second-order valence-corrected chi connectivity index (χ2v) is 34.2. The van der Waals surface area contributed by atoms with Crippen molar-refractivity contribution in [2.24, 2.45) is 17.8 Å². The number of hydrogen-bond acceptors (Lipinski definition) is 25. The monoisotopic (exact) mass is 1910 g/mol. The fourth-order valence-corrected chi connectivity index (χ4v) is 16.4. The molecule has 0 spiro atoms. The lowest BCUT2D eigenvalue weighted by molar-refractivity contribution is -0.328. The van der Waals surface area contributed by atoms with Crippen molar-refractivity contribution in [3.8, 4) is 0 Å². The molecular formula is C115H126O25. The molecule has 1 aliphatic heterocycles. The maximum Gasteiger partial charge on any atom is 0.338 e. The summed E-state index contributed by atoms with van der Waals surface area (Å²) in [6, 6.07) is 109. The third-order valence-electron chi connectivity index (χ3n) is 23.9. The summed E-state index contributed by atoms with van der Waals surface area (Å²) in [6.07, 6.45) is -24.0. The number of ether oxygens (including phenoxy) is 19. The molecule has 0 saturated carbocycles. The van der Waals surface area contributed by atoms with Gasteiger partial charge in [0.2, 0.25) is 0 Å². The van der Waals surface area contributed by atoms with E-state index in [1.165, 1.54) is 14.2 Å². The van der Waals surface area contributed by atoms with E-state index in [1.807, 2.05) is 257 Å². The number of esters is 4. The number of aliphatic hydroxyl groups excluding tert-OH is 2. The van der Waals surface area contributed by atoms with Crippen molar-refractivity contribution in [1.82, 2.24) is 0 Å². The van der Waals surface area contributed by atoms with Gasteiger partial charge < -0.3 is 100 Å². The van der Waals surface area contributed by atoms with Gasteiger partial charge in [-0.15, -0.1) is 0 Å². The van der Waals surface area contributed by atoms with Crippen molar-refractivity contribution in [2.75, 3.05) is 47.3 Å². The van der Waals surface area contributed by atoms with Crippen molar-refractivity contribution in [3.63, 3.8) is 0 Å². The fourth-order valence-electron chi connectivity index (χ4n) is 16.4. The van der Waals surface area contributed by atoms with Gasteiger partial charge in [-0.3, -0.25) is 0 Å². The average Bonchev–Trinajstić information content (AvgIpc) is 0.773. The SMILES string of the molecule is CCOC(OC)C(OC(=O)c1ccccc1)C(OCc1ccccc1)C(OCc1ccccc1)C(C)COC(OC)C(OC(=O)c1ccccc1)C(OCc1ccccc1)C(OCc1ccccc1)C(C)COC1OC(COC(O)C(OC(=O)c2ccccc2)C(OCc2ccccc2)C(OCc2ccccc2)C(C)CO)C(OCc2ccccc2)C(OCc2ccccc2)C1OC(=O)c1ccccc1. The summed E-state index contributed by atoms with van der Waals surface area (Å²) in [6.45, 7) is 5.53. The lowest BCUT2D eigenvalue weighted by atomic mass is 9.94. The number of carbonyl (C=O) groups excluding carboxylic acids is 4. The van der Waals surface area contributed by atoms with Crippen LogP contribution < -0.4 is 0 Å². The molecule has 1 fully saturated rings. The predicted octanol–water partition coefficient (Wildman–Crippen LogP) is 18.5. The van der Waals surface area contributed by atoms with E-state index >= 15 is 9.59 Å². The maximum atomic E-state index is 15.5. The first-order chi connectivity index (χ1) is 68.6. The molecule has 736 valence electrons. The molecule has 0 aliphatic carbocycles. The van der Waals surface area contributed by atoms with Gasteiger partial charge in [-0.05, 0) is 100.0 Å². The Balaban J connectivity index is 0.911. The predicted molar refractivity (Wildman–Crippen MR) is 523 cm³/mol. The lowest BCUT2D eigenvalue weighted by Crippen LogP contribution is -2.63. The molecule has 140 heavy (non-hydrogen) atoms. The Bertz CT molecular complexity index is 5470. The fraction of sp³-hybridized carbons (Fsp3) is 0.339. The first-order valence-corrected chi connectivity index (χ1v) is 47.4. The second-order valence-electron chi connectivity index (χ2n) is 34.2. The highest BCUT2D eigenvalue weighted by atomic mass is 16.7. The third-order valence-corrected chi connectivity index (χ3v) is 23.9. The Hall–Kier alpha value is -12.2. The molecule has 0 radical (unpaired) electrons. The second kappa shape index (κ2) is 56.9. The molecule has 20 atom stereocenters. The van der Waals surface area contributed by atoms with Crippen LogP contribution in [0.1, 0.15) is 114 Å². The number of carbonyl (C=O) groups is 4. The highest BCUT2D eigenvalue weighted by Gasteiger charge is 2.53. The van der Waals surface area contributed by atoms with Gasteiger partial charge in [-0.25, -0.2) is 19.2 Å². The van der Waals surface area contributed by atoms with Crippen molar-refractivity contribution in [2.45, 2.75) is 185 Å². The van der Waals surface area contributed by atoms with Gasteiger partial charge in [0.15, 0.2) is 49.6 Å². The Morgan fingerprint density at radius 3 is 0.879 bits per heavy atom. The van der Waals surface area contributed by atoms with E-state index in [9.17, 15) is 19.8 Å². The van der Waals surface area contributed by atoms with Crippen LogP contribution in [0.2, 0.25) is 0 Å².